The van der Waals surface area contributed by atoms with Gasteiger partial charge in [-0.05, 0) is 38.4 Å². The molecule has 0 aliphatic heterocycles. The number of anilines is 1. The Bertz CT molecular complexity index is 460. The Kier molecular flexibility index (Phi) is 4.92. The second kappa shape index (κ2) is 6.00. The molecular formula is C11H19N3O2S. The van der Waals surface area contributed by atoms with Crippen LogP contribution in [0.25, 0.3) is 0 Å². The highest BCUT2D eigenvalue weighted by molar-refractivity contribution is 7.89. The van der Waals surface area contributed by atoms with Gasteiger partial charge in [-0.3, -0.25) is 0 Å². The van der Waals surface area contributed by atoms with E-state index in [9.17, 15) is 8.42 Å². The van der Waals surface area contributed by atoms with Crippen LogP contribution < -0.4 is 16.2 Å². The molecule has 0 fully saturated rings. The molecule has 0 aliphatic rings. The summed E-state index contributed by atoms with van der Waals surface area (Å²) in [4.78, 5) is 0.125. The van der Waals surface area contributed by atoms with E-state index in [4.69, 9.17) is 10.9 Å². The van der Waals surface area contributed by atoms with Gasteiger partial charge in [0.2, 0.25) is 10.0 Å². The predicted molar refractivity (Wildman–Crippen MR) is 69.2 cm³/mol. The Morgan fingerprint density at radius 1 is 1.35 bits per heavy atom. The van der Waals surface area contributed by atoms with Crippen LogP contribution in [-0.4, -0.2) is 21.0 Å². The number of sulfonamides is 1. The largest absolute Gasteiger partial charge is 0.381 e. The fourth-order valence-corrected chi connectivity index (χ4v) is 2.30. The summed E-state index contributed by atoms with van der Waals surface area (Å²) in [5.41, 5.74) is 5.97. The summed E-state index contributed by atoms with van der Waals surface area (Å²) in [7, 11) is -3.69. The molecule has 0 radical (unpaired) electrons. The Labute approximate surface area is 102 Å². The number of hydrogen-bond donors (Lipinski definition) is 3. The van der Waals surface area contributed by atoms with Crippen LogP contribution in [0.2, 0.25) is 0 Å². The van der Waals surface area contributed by atoms with E-state index in [0.717, 1.165) is 12.8 Å². The molecule has 5 N–H and O–H groups in total. The number of hydrogen-bond acceptors (Lipinski definition) is 4. The van der Waals surface area contributed by atoms with E-state index in [2.05, 4.69) is 5.32 Å². The van der Waals surface area contributed by atoms with Gasteiger partial charge in [0.25, 0.3) is 0 Å². The molecule has 1 rings (SSSR count). The van der Waals surface area contributed by atoms with Gasteiger partial charge < -0.3 is 11.1 Å². The van der Waals surface area contributed by atoms with Gasteiger partial charge in [-0.15, -0.1) is 0 Å². The molecule has 0 aromatic heterocycles. The first kappa shape index (κ1) is 14.0. The van der Waals surface area contributed by atoms with Gasteiger partial charge in [0.1, 0.15) is 4.90 Å². The molecule has 0 bridgehead atoms. The van der Waals surface area contributed by atoms with E-state index in [0.29, 0.717) is 12.2 Å². The fraction of sp³-hybridized carbons (Fsp3) is 0.455. The van der Waals surface area contributed by atoms with Gasteiger partial charge in [0, 0.05) is 6.04 Å². The van der Waals surface area contributed by atoms with Gasteiger partial charge in [-0.1, -0.05) is 12.1 Å². The van der Waals surface area contributed by atoms with E-state index in [1.807, 2.05) is 6.92 Å². The standard InChI is InChI=1S/C11H19N3O2S/c1-9(5-4-8-12)14-10-6-2-3-7-11(10)17(13,15)16/h2-3,6-7,9,14H,4-5,8,12H2,1H3,(H2,13,15,16). The summed E-state index contributed by atoms with van der Waals surface area (Å²) in [6.07, 6.45) is 1.78. The number of para-hydroxylation sites is 1. The molecule has 0 spiro atoms. The van der Waals surface area contributed by atoms with Crippen molar-refractivity contribution in [2.24, 2.45) is 10.9 Å². The van der Waals surface area contributed by atoms with Gasteiger partial charge in [0.15, 0.2) is 0 Å². The highest BCUT2D eigenvalue weighted by atomic mass is 32.2. The minimum Gasteiger partial charge on any atom is -0.381 e. The normalized spacial score (nSPS) is 13.4. The predicted octanol–water partition coefficient (Wildman–Crippen LogP) is 0.873. The van der Waals surface area contributed by atoms with Crippen molar-refractivity contribution < 1.29 is 8.42 Å². The third-order valence-electron chi connectivity index (χ3n) is 2.44. The summed E-state index contributed by atoms with van der Waals surface area (Å²) in [5.74, 6) is 0. The average molecular weight is 257 g/mol. The van der Waals surface area contributed by atoms with Gasteiger partial charge in [-0.25, -0.2) is 13.6 Å². The van der Waals surface area contributed by atoms with Gasteiger partial charge in [-0.2, -0.15) is 0 Å². The molecular weight excluding hydrogens is 238 g/mol. The molecule has 0 aliphatic carbocycles. The Morgan fingerprint density at radius 2 is 2.00 bits per heavy atom. The van der Waals surface area contributed by atoms with Crippen LogP contribution in [0, 0.1) is 0 Å². The minimum absolute atomic E-state index is 0.125. The number of rotatable bonds is 6. The van der Waals surface area contributed by atoms with Crippen molar-refractivity contribution in [3.05, 3.63) is 24.3 Å². The average Bonchev–Trinajstić information content (AvgIpc) is 2.25. The van der Waals surface area contributed by atoms with E-state index < -0.39 is 10.0 Å². The number of nitrogens with one attached hydrogen (secondary N) is 1. The van der Waals surface area contributed by atoms with Crippen molar-refractivity contribution in [2.75, 3.05) is 11.9 Å². The second-order valence-electron chi connectivity index (χ2n) is 4.02. The molecule has 6 heteroatoms. The molecule has 5 nitrogen and oxygen atoms in total. The maximum absolute atomic E-state index is 11.4. The van der Waals surface area contributed by atoms with E-state index in [1.54, 1.807) is 18.2 Å². The summed E-state index contributed by atoms with van der Waals surface area (Å²) >= 11 is 0. The molecule has 0 saturated carbocycles. The lowest BCUT2D eigenvalue weighted by Crippen LogP contribution is -2.20. The zero-order valence-electron chi connectivity index (χ0n) is 9.89. The molecule has 96 valence electrons. The Balaban J connectivity index is 2.84. The van der Waals surface area contributed by atoms with Crippen molar-refractivity contribution in [1.29, 1.82) is 0 Å². The quantitative estimate of drug-likeness (QED) is 0.704. The fourth-order valence-electron chi connectivity index (χ4n) is 1.60. The first-order valence-corrected chi connectivity index (χ1v) is 7.08. The van der Waals surface area contributed by atoms with Crippen LogP contribution in [0.3, 0.4) is 0 Å². The number of primary sulfonamides is 1. The molecule has 0 amide bonds. The van der Waals surface area contributed by atoms with Crippen LogP contribution in [0.15, 0.2) is 29.2 Å². The molecule has 0 saturated heterocycles. The third kappa shape index (κ3) is 4.33. The number of nitrogens with two attached hydrogens (primary N) is 2. The van der Waals surface area contributed by atoms with Crippen molar-refractivity contribution in [2.45, 2.75) is 30.7 Å². The summed E-state index contributed by atoms with van der Waals surface area (Å²) in [6, 6.07) is 6.77. The second-order valence-corrected chi connectivity index (χ2v) is 5.55. The minimum atomic E-state index is -3.69. The first-order valence-electron chi connectivity index (χ1n) is 5.53. The highest BCUT2D eigenvalue weighted by Gasteiger charge is 2.14. The molecule has 1 unspecified atom stereocenters. The SMILES string of the molecule is CC(CCCN)Nc1ccccc1S(N)(=O)=O. The van der Waals surface area contributed by atoms with Crippen LogP contribution in [-0.2, 0) is 10.0 Å². The van der Waals surface area contributed by atoms with Crippen molar-refractivity contribution in [1.82, 2.24) is 0 Å². The van der Waals surface area contributed by atoms with E-state index in [-0.39, 0.29) is 10.9 Å². The van der Waals surface area contributed by atoms with Crippen LogP contribution in [0.4, 0.5) is 5.69 Å². The Hall–Kier alpha value is -1.11. The molecule has 17 heavy (non-hydrogen) atoms. The smallest absolute Gasteiger partial charge is 0.240 e. The summed E-state index contributed by atoms with van der Waals surface area (Å²) < 4.78 is 22.7. The lowest BCUT2D eigenvalue weighted by molar-refractivity contribution is 0.597. The van der Waals surface area contributed by atoms with Crippen LogP contribution in [0.1, 0.15) is 19.8 Å². The zero-order valence-corrected chi connectivity index (χ0v) is 10.7. The maximum atomic E-state index is 11.4. The zero-order chi connectivity index (χ0) is 12.9. The third-order valence-corrected chi connectivity index (χ3v) is 3.41. The van der Waals surface area contributed by atoms with Crippen molar-refractivity contribution in [3.63, 3.8) is 0 Å². The summed E-state index contributed by atoms with van der Waals surface area (Å²) in [6.45, 7) is 2.61. The van der Waals surface area contributed by atoms with E-state index >= 15 is 0 Å². The van der Waals surface area contributed by atoms with Crippen LogP contribution in [0.5, 0.6) is 0 Å². The molecule has 1 aromatic carbocycles. The first-order chi connectivity index (χ1) is 7.95. The van der Waals surface area contributed by atoms with Gasteiger partial charge in [0.05, 0.1) is 5.69 Å². The maximum Gasteiger partial charge on any atom is 0.240 e. The van der Waals surface area contributed by atoms with Crippen molar-refractivity contribution >= 4 is 15.7 Å². The van der Waals surface area contributed by atoms with Crippen molar-refractivity contribution in [3.8, 4) is 0 Å². The van der Waals surface area contributed by atoms with Gasteiger partial charge >= 0.3 is 0 Å². The lowest BCUT2D eigenvalue weighted by Gasteiger charge is -2.16. The molecule has 1 aromatic rings. The van der Waals surface area contributed by atoms with Crippen LogP contribution >= 0.6 is 0 Å². The lowest BCUT2D eigenvalue weighted by atomic mass is 10.1. The molecule has 1 atom stereocenters. The topological polar surface area (TPSA) is 98.2 Å². The Morgan fingerprint density at radius 3 is 2.59 bits per heavy atom. The summed E-state index contributed by atoms with van der Waals surface area (Å²) in [5, 5.41) is 8.28. The molecule has 0 heterocycles. The monoisotopic (exact) mass is 257 g/mol. The van der Waals surface area contributed by atoms with E-state index in [1.165, 1.54) is 6.07 Å². The number of benzene rings is 1. The highest BCUT2D eigenvalue weighted by Crippen LogP contribution is 2.20.